The molecule has 0 radical (unpaired) electrons. The normalized spacial score (nSPS) is 17.9. The van der Waals surface area contributed by atoms with E-state index >= 15 is 0 Å². The molecule has 0 heterocycles. The highest BCUT2D eigenvalue weighted by molar-refractivity contribution is 9.10. The number of aliphatic hydroxyl groups is 1. The van der Waals surface area contributed by atoms with Crippen LogP contribution in [0.2, 0.25) is 0 Å². The fourth-order valence-corrected chi connectivity index (χ4v) is 3.26. The van der Waals surface area contributed by atoms with Gasteiger partial charge in [-0.1, -0.05) is 0 Å². The van der Waals surface area contributed by atoms with Crippen molar-refractivity contribution in [2.24, 2.45) is 0 Å². The van der Waals surface area contributed by atoms with Gasteiger partial charge in [0.2, 0.25) is 0 Å². The SMILES string of the molecule is CC(C)(C)S(=O)N[C@@](C)(C[C@H](O)C(F)(F)F)c1cc(Br)c(F)cc1F. The van der Waals surface area contributed by atoms with Gasteiger partial charge in [-0.3, -0.25) is 0 Å². The first kappa shape index (κ1) is 22.5. The molecule has 10 heteroatoms. The zero-order valence-corrected chi connectivity index (χ0v) is 16.4. The van der Waals surface area contributed by atoms with E-state index in [4.69, 9.17) is 0 Å². The Hall–Kier alpha value is -0.580. The Labute approximate surface area is 153 Å². The van der Waals surface area contributed by atoms with Gasteiger partial charge in [-0.05, 0) is 49.7 Å². The minimum absolute atomic E-state index is 0.167. The average Bonchev–Trinajstić information content (AvgIpc) is 2.40. The predicted octanol–water partition coefficient (Wildman–Crippen LogP) is 4.31. The van der Waals surface area contributed by atoms with Gasteiger partial charge in [0.05, 0.1) is 25.7 Å². The molecule has 1 unspecified atom stereocenters. The maximum Gasteiger partial charge on any atom is 0.414 e. The van der Waals surface area contributed by atoms with Crippen LogP contribution in [-0.2, 0) is 16.5 Å². The minimum atomic E-state index is -4.94. The number of rotatable bonds is 5. The molecule has 3 nitrogen and oxygen atoms in total. The third-order valence-electron chi connectivity index (χ3n) is 3.46. The Morgan fingerprint density at radius 3 is 2.12 bits per heavy atom. The zero-order valence-electron chi connectivity index (χ0n) is 14.0. The average molecular weight is 452 g/mol. The molecule has 1 rings (SSSR count). The summed E-state index contributed by atoms with van der Waals surface area (Å²) in [6.07, 6.45) is -8.74. The molecule has 0 bridgehead atoms. The van der Waals surface area contributed by atoms with E-state index in [1.807, 2.05) is 0 Å². The lowest BCUT2D eigenvalue weighted by Crippen LogP contribution is -2.50. The molecule has 0 saturated carbocycles. The van der Waals surface area contributed by atoms with Crippen LogP contribution in [0.4, 0.5) is 22.0 Å². The summed E-state index contributed by atoms with van der Waals surface area (Å²) >= 11 is 2.85. The van der Waals surface area contributed by atoms with Gasteiger partial charge in [-0.15, -0.1) is 0 Å². The lowest BCUT2D eigenvalue weighted by Gasteiger charge is -2.36. The quantitative estimate of drug-likeness (QED) is 0.517. The minimum Gasteiger partial charge on any atom is -0.384 e. The number of aliphatic hydroxyl groups excluding tert-OH is 1. The molecule has 0 fully saturated rings. The fraction of sp³-hybridized carbons (Fsp3) is 0.600. The van der Waals surface area contributed by atoms with Gasteiger partial charge < -0.3 is 5.11 Å². The molecule has 0 aliphatic carbocycles. The number of hydrogen-bond acceptors (Lipinski definition) is 2. The summed E-state index contributed by atoms with van der Waals surface area (Å²) in [6.45, 7) is 5.91. The number of alkyl halides is 3. The Kier molecular flexibility index (Phi) is 6.81. The Bertz CT molecular complexity index is 663. The van der Waals surface area contributed by atoms with Crippen LogP contribution in [0.15, 0.2) is 16.6 Å². The molecule has 1 aromatic carbocycles. The molecular formula is C15H19BrF5NO2S. The summed E-state index contributed by atoms with van der Waals surface area (Å²) in [5.41, 5.74) is -2.21. The van der Waals surface area contributed by atoms with Crippen LogP contribution in [0.1, 0.15) is 39.7 Å². The molecular weight excluding hydrogens is 433 g/mol. The third kappa shape index (κ3) is 5.70. The van der Waals surface area contributed by atoms with E-state index in [1.165, 1.54) is 6.92 Å². The summed E-state index contributed by atoms with van der Waals surface area (Å²) in [5.74, 6) is -2.05. The summed E-state index contributed by atoms with van der Waals surface area (Å²) < 4.78 is 79.9. The highest BCUT2D eigenvalue weighted by Gasteiger charge is 2.45. The molecule has 2 N–H and O–H groups in total. The van der Waals surface area contributed by atoms with Crippen molar-refractivity contribution in [2.75, 3.05) is 0 Å². The first-order valence-electron chi connectivity index (χ1n) is 7.17. The van der Waals surface area contributed by atoms with Crippen molar-refractivity contribution >= 4 is 26.9 Å². The third-order valence-corrected chi connectivity index (χ3v) is 5.81. The van der Waals surface area contributed by atoms with Gasteiger partial charge in [-0.2, -0.15) is 13.2 Å². The van der Waals surface area contributed by atoms with Crippen molar-refractivity contribution in [3.8, 4) is 0 Å². The van der Waals surface area contributed by atoms with E-state index in [0.717, 1.165) is 6.07 Å². The largest absolute Gasteiger partial charge is 0.414 e. The molecule has 0 amide bonds. The predicted molar refractivity (Wildman–Crippen MR) is 89.1 cm³/mol. The molecule has 0 saturated heterocycles. The van der Waals surface area contributed by atoms with Crippen molar-refractivity contribution in [3.05, 3.63) is 33.8 Å². The van der Waals surface area contributed by atoms with E-state index < -0.39 is 51.6 Å². The number of halogens is 6. The van der Waals surface area contributed by atoms with Crippen LogP contribution in [0.25, 0.3) is 0 Å². The lowest BCUT2D eigenvalue weighted by molar-refractivity contribution is -0.209. The van der Waals surface area contributed by atoms with Crippen LogP contribution in [0, 0.1) is 11.6 Å². The highest BCUT2D eigenvalue weighted by Crippen LogP contribution is 2.36. The summed E-state index contributed by atoms with van der Waals surface area (Å²) in [6, 6.07) is 1.49. The van der Waals surface area contributed by atoms with Crippen LogP contribution in [0.5, 0.6) is 0 Å². The highest BCUT2D eigenvalue weighted by atomic mass is 79.9. The van der Waals surface area contributed by atoms with Crippen LogP contribution in [-0.4, -0.2) is 26.3 Å². The van der Waals surface area contributed by atoms with Crippen LogP contribution in [0.3, 0.4) is 0 Å². The number of benzene rings is 1. The van der Waals surface area contributed by atoms with Crippen LogP contribution < -0.4 is 4.72 Å². The molecule has 0 aliphatic heterocycles. The fourth-order valence-electron chi connectivity index (χ4n) is 2.01. The van der Waals surface area contributed by atoms with Crippen molar-refractivity contribution in [3.63, 3.8) is 0 Å². The molecule has 0 aromatic heterocycles. The molecule has 1 aromatic rings. The zero-order chi connectivity index (χ0) is 19.8. The lowest BCUT2D eigenvalue weighted by atomic mass is 9.86. The first-order chi connectivity index (χ1) is 11.1. The van der Waals surface area contributed by atoms with Gasteiger partial charge in [-0.25, -0.2) is 17.7 Å². The van der Waals surface area contributed by atoms with Gasteiger partial charge in [0.25, 0.3) is 0 Å². The second kappa shape index (κ2) is 7.58. The van der Waals surface area contributed by atoms with E-state index in [-0.39, 0.29) is 10.0 Å². The summed E-state index contributed by atoms with van der Waals surface area (Å²) in [5, 5.41) is 9.44. The van der Waals surface area contributed by atoms with E-state index in [1.54, 1.807) is 20.8 Å². The topological polar surface area (TPSA) is 49.3 Å². The van der Waals surface area contributed by atoms with Crippen molar-refractivity contribution in [1.82, 2.24) is 4.72 Å². The van der Waals surface area contributed by atoms with Gasteiger partial charge in [0.1, 0.15) is 11.6 Å². The Balaban J connectivity index is 3.42. The maximum absolute atomic E-state index is 14.3. The first-order valence-corrected chi connectivity index (χ1v) is 9.12. The molecule has 144 valence electrons. The van der Waals surface area contributed by atoms with E-state index in [9.17, 15) is 31.3 Å². The Morgan fingerprint density at radius 2 is 1.68 bits per heavy atom. The second-order valence-electron chi connectivity index (χ2n) is 6.82. The van der Waals surface area contributed by atoms with E-state index in [0.29, 0.717) is 6.07 Å². The maximum atomic E-state index is 14.3. The van der Waals surface area contributed by atoms with Crippen molar-refractivity contribution in [1.29, 1.82) is 0 Å². The van der Waals surface area contributed by atoms with Crippen molar-refractivity contribution in [2.45, 2.75) is 56.7 Å². The van der Waals surface area contributed by atoms with Gasteiger partial charge in [0.15, 0.2) is 6.10 Å². The second-order valence-corrected chi connectivity index (χ2v) is 9.64. The van der Waals surface area contributed by atoms with Crippen LogP contribution >= 0.6 is 15.9 Å². The molecule has 3 atom stereocenters. The number of nitrogens with one attached hydrogen (secondary N) is 1. The summed E-state index contributed by atoms with van der Waals surface area (Å²) in [7, 11) is -1.87. The van der Waals surface area contributed by atoms with Gasteiger partial charge >= 0.3 is 6.18 Å². The molecule has 0 spiro atoms. The monoisotopic (exact) mass is 451 g/mol. The Morgan fingerprint density at radius 1 is 1.16 bits per heavy atom. The van der Waals surface area contributed by atoms with E-state index in [2.05, 4.69) is 20.7 Å². The smallest absolute Gasteiger partial charge is 0.384 e. The standard InChI is InChI=1S/C15H19BrF5NO2S/c1-13(2,3)25(24)22-14(4,7-12(23)15(19,20)21)8-5-9(16)11(18)6-10(8)17/h5-6,12,22-23H,7H2,1-4H3/t12-,14-,25?/m0/s1. The number of hydrogen-bond donors (Lipinski definition) is 2. The molecule has 0 aliphatic rings. The van der Waals surface area contributed by atoms with Gasteiger partial charge in [0, 0.05) is 18.1 Å². The molecule has 25 heavy (non-hydrogen) atoms. The van der Waals surface area contributed by atoms with Crippen molar-refractivity contribution < 1.29 is 31.3 Å². The summed E-state index contributed by atoms with van der Waals surface area (Å²) in [4.78, 5) is 0.